The third-order valence-corrected chi connectivity index (χ3v) is 6.93. The fourth-order valence-electron chi connectivity index (χ4n) is 2.10. The normalized spacial score (nSPS) is 22.4. The Morgan fingerprint density at radius 1 is 1.31 bits per heavy atom. The van der Waals surface area contributed by atoms with E-state index in [4.69, 9.17) is 0 Å². The summed E-state index contributed by atoms with van der Waals surface area (Å²) in [5.74, 6) is 0.962. The van der Waals surface area contributed by atoms with Crippen molar-refractivity contribution in [3.05, 3.63) is 0 Å². The van der Waals surface area contributed by atoms with Crippen LogP contribution in [-0.4, -0.2) is 23.2 Å². The molecule has 0 spiro atoms. The highest BCUT2D eigenvalue weighted by Crippen LogP contribution is 2.51. The van der Waals surface area contributed by atoms with Gasteiger partial charge in [0.15, 0.2) is 7.29 Å². The summed E-state index contributed by atoms with van der Waals surface area (Å²) in [6, 6.07) is 0.379. The summed E-state index contributed by atoms with van der Waals surface area (Å²) < 4.78 is 12.8. The first kappa shape index (κ1) is 13.8. The van der Waals surface area contributed by atoms with E-state index >= 15 is 0 Å². The first-order valence-corrected chi connectivity index (χ1v) is 8.15. The quantitative estimate of drug-likeness (QED) is 0.770. The Kier molecular flexibility index (Phi) is 4.61. The number of hydrogen-bond acceptors (Lipinski definition) is 2. The number of aliphatic imine (C=N–C) groups is 1. The smallest absolute Gasteiger partial charge is 0.175 e. The van der Waals surface area contributed by atoms with Crippen molar-refractivity contribution in [3.63, 3.8) is 0 Å². The third kappa shape index (κ3) is 3.10. The fourth-order valence-corrected chi connectivity index (χ4v) is 4.38. The standard InChI is InChI=1S/C12H25N2OP/c1-9(2)16(15,10(3)4)14-12-8-6-7-11(5)13-12/h9-11H,6-8H2,1-5H3,(H,13,14,15). The molecule has 1 aliphatic rings. The van der Waals surface area contributed by atoms with Gasteiger partial charge in [0.1, 0.15) is 5.84 Å². The van der Waals surface area contributed by atoms with Crippen LogP contribution in [0.25, 0.3) is 0 Å². The maximum atomic E-state index is 12.8. The van der Waals surface area contributed by atoms with Crippen LogP contribution in [0.4, 0.5) is 0 Å². The van der Waals surface area contributed by atoms with Gasteiger partial charge in [-0.25, -0.2) is 0 Å². The Morgan fingerprint density at radius 3 is 2.31 bits per heavy atom. The Labute approximate surface area is 99.5 Å². The SMILES string of the molecule is CC1CCCC(NP(=O)(C(C)C)C(C)C)=N1. The molecule has 1 aliphatic heterocycles. The van der Waals surface area contributed by atoms with E-state index < -0.39 is 7.29 Å². The molecule has 1 atom stereocenters. The van der Waals surface area contributed by atoms with Crippen LogP contribution in [0, 0.1) is 0 Å². The van der Waals surface area contributed by atoms with Crippen molar-refractivity contribution in [1.82, 2.24) is 5.09 Å². The predicted octanol–water partition coefficient (Wildman–Crippen LogP) is 3.64. The van der Waals surface area contributed by atoms with Crippen LogP contribution in [-0.2, 0) is 4.57 Å². The van der Waals surface area contributed by atoms with Crippen molar-refractivity contribution in [1.29, 1.82) is 0 Å². The topological polar surface area (TPSA) is 41.5 Å². The highest BCUT2D eigenvalue weighted by Gasteiger charge is 2.31. The third-order valence-electron chi connectivity index (χ3n) is 3.25. The number of nitrogens with one attached hydrogen (secondary N) is 1. The zero-order valence-corrected chi connectivity index (χ0v) is 12.1. The number of hydrogen-bond donors (Lipinski definition) is 1. The van der Waals surface area contributed by atoms with Gasteiger partial charge in [-0.05, 0) is 19.8 Å². The van der Waals surface area contributed by atoms with E-state index in [0.717, 1.165) is 25.1 Å². The Bertz CT molecular complexity index is 298. The minimum absolute atomic E-state index is 0.174. The van der Waals surface area contributed by atoms with Gasteiger partial charge in [0.2, 0.25) is 0 Å². The first-order valence-electron chi connectivity index (χ1n) is 6.30. The average Bonchev–Trinajstić information content (AvgIpc) is 2.16. The molecule has 0 aromatic carbocycles. The molecule has 94 valence electrons. The Morgan fingerprint density at radius 2 is 1.88 bits per heavy atom. The molecule has 1 N–H and O–H groups in total. The lowest BCUT2D eigenvalue weighted by Crippen LogP contribution is -2.31. The summed E-state index contributed by atoms with van der Waals surface area (Å²) in [4.78, 5) is 4.57. The van der Waals surface area contributed by atoms with E-state index in [1.54, 1.807) is 0 Å². The van der Waals surface area contributed by atoms with E-state index in [2.05, 4.69) is 17.0 Å². The molecule has 1 heterocycles. The van der Waals surface area contributed by atoms with Crippen LogP contribution in [0.15, 0.2) is 4.99 Å². The maximum Gasteiger partial charge on any atom is 0.175 e. The van der Waals surface area contributed by atoms with Crippen LogP contribution in [0.1, 0.15) is 53.9 Å². The Balaban J connectivity index is 2.81. The molecule has 4 heteroatoms. The predicted molar refractivity (Wildman–Crippen MR) is 71.8 cm³/mol. The molecule has 0 amide bonds. The molecule has 0 aromatic rings. The van der Waals surface area contributed by atoms with Crippen molar-refractivity contribution >= 4 is 13.1 Å². The molecule has 1 rings (SSSR count). The second-order valence-electron chi connectivity index (χ2n) is 5.33. The van der Waals surface area contributed by atoms with Crippen molar-refractivity contribution in [2.45, 2.75) is 71.2 Å². The fraction of sp³-hybridized carbons (Fsp3) is 0.917. The summed E-state index contributed by atoms with van der Waals surface area (Å²) in [6.45, 7) is 10.2. The molecule has 0 aromatic heterocycles. The molecule has 16 heavy (non-hydrogen) atoms. The summed E-state index contributed by atoms with van der Waals surface area (Å²) in [7, 11) is -2.34. The summed E-state index contributed by atoms with van der Waals surface area (Å²) >= 11 is 0. The van der Waals surface area contributed by atoms with Crippen molar-refractivity contribution in [2.24, 2.45) is 4.99 Å². The minimum Gasteiger partial charge on any atom is -0.324 e. The van der Waals surface area contributed by atoms with Crippen molar-refractivity contribution < 1.29 is 4.57 Å². The zero-order chi connectivity index (χ0) is 12.3. The summed E-state index contributed by atoms with van der Waals surface area (Å²) in [5.41, 5.74) is 0.347. The van der Waals surface area contributed by atoms with Crippen LogP contribution >= 0.6 is 7.29 Å². The van der Waals surface area contributed by atoms with E-state index in [1.807, 2.05) is 27.7 Å². The van der Waals surface area contributed by atoms with Gasteiger partial charge in [0.05, 0.1) is 0 Å². The molecule has 3 nitrogen and oxygen atoms in total. The van der Waals surface area contributed by atoms with Gasteiger partial charge in [-0.1, -0.05) is 27.7 Å². The van der Waals surface area contributed by atoms with Gasteiger partial charge >= 0.3 is 0 Å². The van der Waals surface area contributed by atoms with E-state index in [-0.39, 0.29) is 11.3 Å². The van der Waals surface area contributed by atoms with Gasteiger partial charge in [-0.3, -0.25) is 9.56 Å². The van der Waals surface area contributed by atoms with Crippen LogP contribution in [0.3, 0.4) is 0 Å². The number of amidine groups is 1. The monoisotopic (exact) mass is 244 g/mol. The van der Waals surface area contributed by atoms with E-state index in [1.165, 1.54) is 0 Å². The number of nitrogens with zero attached hydrogens (tertiary/aromatic N) is 1. The Hall–Kier alpha value is -0.300. The zero-order valence-electron chi connectivity index (χ0n) is 11.2. The van der Waals surface area contributed by atoms with Crippen LogP contribution < -0.4 is 5.09 Å². The highest BCUT2D eigenvalue weighted by atomic mass is 31.2. The summed E-state index contributed by atoms with van der Waals surface area (Å²) in [5, 5.41) is 3.27. The minimum atomic E-state index is -2.34. The molecule has 0 radical (unpaired) electrons. The largest absolute Gasteiger partial charge is 0.324 e. The molecule has 1 unspecified atom stereocenters. The lowest BCUT2D eigenvalue weighted by atomic mass is 10.1. The molecule has 0 fully saturated rings. The lowest BCUT2D eigenvalue weighted by molar-refractivity contribution is 0.554. The van der Waals surface area contributed by atoms with Gasteiger partial charge in [-0.2, -0.15) is 0 Å². The van der Waals surface area contributed by atoms with Crippen molar-refractivity contribution in [3.8, 4) is 0 Å². The number of rotatable bonds is 3. The van der Waals surface area contributed by atoms with Crippen LogP contribution in [0.2, 0.25) is 0 Å². The molecule has 0 aliphatic carbocycles. The molecular formula is C12H25N2OP. The van der Waals surface area contributed by atoms with Crippen molar-refractivity contribution in [2.75, 3.05) is 0 Å². The van der Waals surface area contributed by atoms with Gasteiger partial charge in [0, 0.05) is 23.8 Å². The second kappa shape index (κ2) is 5.35. The van der Waals surface area contributed by atoms with Gasteiger partial charge in [-0.15, -0.1) is 0 Å². The molecule has 0 bridgehead atoms. The second-order valence-corrected chi connectivity index (χ2v) is 9.03. The average molecular weight is 244 g/mol. The van der Waals surface area contributed by atoms with E-state index in [0.29, 0.717) is 6.04 Å². The lowest BCUT2D eigenvalue weighted by Gasteiger charge is -2.30. The molecular weight excluding hydrogens is 219 g/mol. The molecule has 0 saturated heterocycles. The highest BCUT2D eigenvalue weighted by molar-refractivity contribution is 7.64. The van der Waals surface area contributed by atoms with Crippen LogP contribution in [0.5, 0.6) is 0 Å². The maximum absolute atomic E-state index is 12.8. The first-order chi connectivity index (χ1) is 7.36. The van der Waals surface area contributed by atoms with E-state index in [9.17, 15) is 4.57 Å². The van der Waals surface area contributed by atoms with Gasteiger partial charge < -0.3 is 5.09 Å². The summed E-state index contributed by atoms with van der Waals surface area (Å²) in [6.07, 6.45) is 3.26. The molecule has 0 saturated carbocycles. The van der Waals surface area contributed by atoms with Gasteiger partial charge in [0.25, 0.3) is 0 Å².